The van der Waals surface area contributed by atoms with Crippen LogP contribution in [0.5, 0.6) is 0 Å². The van der Waals surface area contributed by atoms with E-state index in [1.54, 1.807) is 18.2 Å². The van der Waals surface area contributed by atoms with Gasteiger partial charge in [0, 0.05) is 12.1 Å². The fourth-order valence-corrected chi connectivity index (χ4v) is 2.07. The second-order valence-corrected chi connectivity index (χ2v) is 4.35. The Hall–Kier alpha value is -3.42. The van der Waals surface area contributed by atoms with Crippen molar-refractivity contribution in [3.63, 3.8) is 0 Å². The zero-order valence-electron chi connectivity index (χ0n) is 11.0. The van der Waals surface area contributed by atoms with Crippen molar-refractivity contribution < 1.29 is 19.2 Å². The topological polar surface area (TPSA) is 111 Å². The van der Waals surface area contributed by atoms with Crippen LogP contribution in [-0.4, -0.2) is 25.8 Å². The van der Waals surface area contributed by atoms with E-state index in [-0.39, 0.29) is 17.1 Å². The van der Waals surface area contributed by atoms with Crippen molar-refractivity contribution in [2.45, 2.75) is 0 Å². The van der Waals surface area contributed by atoms with E-state index in [1.165, 1.54) is 35.2 Å². The number of nitro groups is 1. The fraction of sp³-hybridized carbons (Fsp3) is 0. The van der Waals surface area contributed by atoms with Crippen molar-refractivity contribution >= 4 is 11.7 Å². The predicted octanol–water partition coefficient (Wildman–Crippen LogP) is 2.74. The van der Waals surface area contributed by atoms with Crippen molar-refractivity contribution in [3.05, 3.63) is 64.5 Å². The van der Waals surface area contributed by atoms with Gasteiger partial charge in [0.1, 0.15) is 11.4 Å². The molecule has 0 aliphatic rings. The van der Waals surface area contributed by atoms with Gasteiger partial charge in [-0.25, -0.2) is 9.48 Å². The molecule has 0 unspecified atom stereocenters. The standard InChI is InChI=1S/C14H9N3O5/c18-14(19)9-8-12(13-6-3-7-22-13)16(15-9)10-4-1-2-5-11(10)17(20)21/h1-8H,(H,18,19). The van der Waals surface area contributed by atoms with E-state index in [0.717, 1.165) is 0 Å². The van der Waals surface area contributed by atoms with Crippen LogP contribution in [0.1, 0.15) is 10.5 Å². The molecule has 0 aliphatic carbocycles. The third kappa shape index (κ3) is 2.22. The lowest BCUT2D eigenvalue weighted by molar-refractivity contribution is -0.384. The number of hydrogen-bond donors (Lipinski definition) is 1. The molecular weight excluding hydrogens is 290 g/mol. The zero-order chi connectivity index (χ0) is 15.7. The third-order valence-electron chi connectivity index (χ3n) is 3.01. The molecule has 3 aromatic rings. The number of nitrogens with zero attached hydrogens (tertiary/aromatic N) is 3. The predicted molar refractivity (Wildman–Crippen MR) is 74.9 cm³/mol. The molecule has 22 heavy (non-hydrogen) atoms. The first-order valence-corrected chi connectivity index (χ1v) is 6.19. The minimum absolute atomic E-state index is 0.159. The van der Waals surface area contributed by atoms with E-state index in [0.29, 0.717) is 11.5 Å². The highest BCUT2D eigenvalue weighted by molar-refractivity contribution is 5.87. The smallest absolute Gasteiger partial charge is 0.356 e. The van der Waals surface area contributed by atoms with Crippen molar-refractivity contribution in [1.29, 1.82) is 0 Å². The van der Waals surface area contributed by atoms with Crippen LogP contribution in [-0.2, 0) is 0 Å². The molecular formula is C14H9N3O5. The number of aromatic carboxylic acids is 1. The SMILES string of the molecule is O=C(O)c1cc(-c2ccco2)n(-c2ccccc2[N+](=O)[O-])n1. The molecule has 0 aliphatic heterocycles. The Bertz CT molecular complexity index is 851. The van der Waals surface area contributed by atoms with E-state index in [9.17, 15) is 14.9 Å². The van der Waals surface area contributed by atoms with Gasteiger partial charge in [-0.15, -0.1) is 0 Å². The molecule has 8 heteroatoms. The maximum absolute atomic E-state index is 11.2. The van der Waals surface area contributed by atoms with Crippen LogP contribution < -0.4 is 0 Å². The van der Waals surface area contributed by atoms with Crippen LogP contribution in [0.15, 0.2) is 53.1 Å². The van der Waals surface area contributed by atoms with E-state index >= 15 is 0 Å². The minimum Gasteiger partial charge on any atom is -0.476 e. The minimum atomic E-state index is -1.23. The molecule has 0 saturated carbocycles. The number of hydrogen-bond acceptors (Lipinski definition) is 5. The van der Waals surface area contributed by atoms with Gasteiger partial charge in [-0.3, -0.25) is 10.1 Å². The van der Waals surface area contributed by atoms with Crippen LogP contribution in [0.25, 0.3) is 17.1 Å². The number of rotatable bonds is 4. The number of carboxylic acid groups (broad SMARTS) is 1. The maximum Gasteiger partial charge on any atom is 0.356 e. The van der Waals surface area contributed by atoms with Crippen LogP contribution in [0.2, 0.25) is 0 Å². The van der Waals surface area contributed by atoms with Crippen molar-refractivity contribution in [2.75, 3.05) is 0 Å². The fourth-order valence-electron chi connectivity index (χ4n) is 2.07. The summed E-state index contributed by atoms with van der Waals surface area (Å²) in [4.78, 5) is 21.8. The Morgan fingerprint density at radius 3 is 2.68 bits per heavy atom. The van der Waals surface area contributed by atoms with Gasteiger partial charge in [-0.1, -0.05) is 12.1 Å². The van der Waals surface area contributed by atoms with Crippen LogP contribution >= 0.6 is 0 Å². The largest absolute Gasteiger partial charge is 0.476 e. The number of carboxylic acids is 1. The molecule has 0 atom stereocenters. The summed E-state index contributed by atoms with van der Waals surface area (Å²) in [5.41, 5.74) is 0.0583. The first-order chi connectivity index (χ1) is 10.6. The van der Waals surface area contributed by atoms with Gasteiger partial charge in [-0.05, 0) is 18.2 Å². The number of carbonyl (C=O) groups is 1. The molecule has 0 amide bonds. The van der Waals surface area contributed by atoms with Gasteiger partial charge in [0.15, 0.2) is 11.5 Å². The summed E-state index contributed by atoms with van der Waals surface area (Å²) in [6.07, 6.45) is 1.42. The Morgan fingerprint density at radius 1 is 1.27 bits per heavy atom. The van der Waals surface area contributed by atoms with E-state index in [4.69, 9.17) is 9.52 Å². The zero-order valence-corrected chi connectivity index (χ0v) is 11.0. The number of furan rings is 1. The van der Waals surface area contributed by atoms with E-state index in [2.05, 4.69) is 5.10 Å². The quantitative estimate of drug-likeness (QED) is 0.585. The van der Waals surface area contributed by atoms with Gasteiger partial charge in [0.2, 0.25) is 0 Å². The van der Waals surface area contributed by atoms with Gasteiger partial charge in [0.05, 0.1) is 11.2 Å². The summed E-state index contributed by atoms with van der Waals surface area (Å²) in [6, 6.07) is 10.5. The second-order valence-electron chi connectivity index (χ2n) is 4.35. The maximum atomic E-state index is 11.2. The number of para-hydroxylation sites is 2. The second kappa shape index (κ2) is 5.17. The lowest BCUT2D eigenvalue weighted by Gasteiger charge is -2.06. The molecule has 3 rings (SSSR count). The van der Waals surface area contributed by atoms with Crippen molar-refractivity contribution in [3.8, 4) is 17.1 Å². The van der Waals surface area contributed by atoms with E-state index < -0.39 is 10.9 Å². The average molecular weight is 299 g/mol. The number of aromatic nitrogens is 2. The summed E-state index contributed by atoms with van der Waals surface area (Å²) in [7, 11) is 0. The molecule has 0 radical (unpaired) electrons. The summed E-state index contributed by atoms with van der Waals surface area (Å²) < 4.78 is 6.45. The summed E-state index contributed by atoms with van der Waals surface area (Å²) in [5, 5.41) is 24.2. The molecule has 1 aromatic carbocycles. The number of benzene rings is 1. The lowest BCUT2D eigenvalue weighted by Crippen LogP contribution is -2.05. The molecule has 1 N–H and O–H groups in total. The summed E-state index contributed by atoms with van der Waals surface area (Å²) >= 11 is 0. The highest BCUT2D eigenvalue weighted by Crippen LogP contribution is 2.29. The molecule has 0 fully saturated rings. The molecule has 2 aromatic heterocycles. The summed E-state index contributed by atoms with van der Waals surface area (Å²) in [5.74, 6) is -0.872. The monoisotopic (exact) mass is 299 g/mol. The van der Waals surface area contributed by atoms with Gasteiger partial charge in [0.25, 0.3) is 5.69 Å². The van der Waals surface area contributed by atoms with E-state index in [1.807, 2.05) is 0 Å². The summed E-state index contributed by atoms with van der Waals surface area (Å²) in [6.45, 7) is 0. The lowest BCUT2D eigenvalue weighted by atomic mass is 10.2. The molecule has 0 saturated heterocycles. The highest BCUT2D eigenvalue weighted by atomic mass is 16.6. The highest BCUT2D eigenvalue weighted by Gasteiger charge is 2.22. The van der Waals surface area contributed by atoms with Crippen LogP contribution in [0.3, 0.4) is 0 Å². The van der Waals surface area contributed by atoms with Gasteiger partial charge < -0.3 is 9.52 Å². The average Bonchev–Trinajstić information content (AvgIpc) is 3.16. The first kappa shape index (κ1) is 13.6. The third-order valence-corrected chi connectivity index (χ3v) is 3.01. The Kier molecular flexibility index (Phi) is 3.18. The van der Waals surface area contributed by atoms with Crippen molar-refractivity contribution in [1.82, 2.24) is 9.78 Å². The van der Waals surface area contributed by atoms with Gasteiger partial charge >= 0.3 is 5.97 Å². The molecule has 2 heterocycles. The Balaban J connectivity index is 2.27. The number of nitro benzene ring substituents is 1. The normalized spacial score (nSPS) is 10.5. The molecule has 0 bridgehead atoms. The molecule has 8 nitrogen and oxygen atoms in total. The van der Waals surface area contributed by atoms with Gasteiger partial charge in [-0.2, -0.15) is 5.10 Å². The van der Waals surface area contributed by atoms with Crippen LogP contribution in [0, 0.1) is 10.1 Å². The Labute approximate surface area is 123 Å². The molecule has 110 valence electrons. The van der Waals surface area contributed by atoms with Crippen LogP contribution in [0.4, 0.5) is 5.69 Å². The molecule has 0 spiro atoms. The first-order valence-electron chi connectivity index (χ1n) is 6.19. The Morgan fingerprint density at radius 2 is 2.05 bits per heavy atom. The van der Waals surface area contributed by atoms with Crippen molar-refractivity contribution in [2.24, 2.45) is 0 Å².